The van der Waals surface area contributed by atoms with E-state index in [4.69, 9.17) is 9.47 Å². The summed E-state index contributed by atoms with van der Waals surface area (Å²) in [6.07, 6.45) is 4.87. The molecule has 0 aromatic heterocycles. The molecule has 17 heavy (non-hydrogen) atoms. The Hall–Kier alpha value is -1.22. The fourth-order valence-electron chi connectivity index (χ4n) is 1.70. The molecule has 0 heterocycles. The van der Waals surface area contributed by atoms with E-state index >= 15 is 0 Å². The molecule has 3 nitrogen and oxygen atoms in total. The van der Waals surface area contributed by atoms with Gasteiger partial charge in [0.25, 0.3) is 0 Å². The van der Waals surface area contributed by atoms with E-state index in [2.05, 4.69) is 12.7 Å². The molecule has 0 aliphatic heterocycles. The van der Waals surface area contributed by atoms with Crippen molar-refractivity contribution < 1.29 is 15.2 Å². The first-order valence-electron chi connectivity index (χ1n) is 6.40. The van der Waals surface area contributed by atoms with Gasteiger partial charge in [0.2, 0.25) is 0 Å². The van der Waals surface area contributed by atoms with E-state index in [0.717, 1.165) is 31.1 Å². The number of methoxy groups -OCH3 is 1. The number of hydrogen-bond acceptors (Lipinski definition) is 2. The molecular formula is C14H24NO2+. The topological polar surface area (TPSA) is 46.1 Å². The molecule has 0 aliphatic carbocycles. The molecule has 3 heteroatoms. The SMILES string of the molecule is CCCCCCOc1ccc(C[NH3+])cc1OC. The Bertz CT molecular complexity index is 326. The van der Waals surface area contributed by atoms with Gasteiger partial charge in [0.05, 0.1) is 20.3 Å². The van der Waals surface area contributed by atoms with Crippen molar-refractivity contribution in [1.29, 1.82) is 0 Å². The molecule has 0 radical (unpaired) electrons. The number of ether oxygens (including phenoxy) is 2. The quantitative estimate of drug-likeness (QED) is 0.707. The summed E-state index contributed by atoms with van der Waals surface area (Å²) in [4.78, 5) is 0. The van der Waals surface area contributed by atoms with Gasteiger partial charge in [0, 0.05) is 5.56 Å². The highest BCUT2D eigenvalue weighted by atomic mass is 16.5. The maximum Gasteiger partial charge on any atom is 0.161 e. The third-order valence-corrected chi connectivity index (χ3v) is 2.77. The van der Waals surface area contributed by atoms with Crippen LogP contribution in [0.1, 0.15) is 38.2 Å². The summed E-state index contributed by atoms with van der Waals surface area (Å²) in [6, 6.07) is 6.00. The number of quaternary nitrogens is 1. The molecule has 0 aliphatic rings. The normalized spacial score (nSPS) is 10.3. The fourth-order valence-corrected chi connectivity index (χ4v) is 1.70. The van der Waals surface area contributed by atoms with Crippen molar-refractivity contribution in [2.45, 2.75) is 39.2 Å². The highest BCUT2D eigenvalue weighted by Crippen LogP contribution is 2.28. The van der Waals surface area contributed by atoms with Crippen molar-refractivity contribution in [3.8, 4) is 11.5 Å². The molecule has 96 valence electrons. The second-order valence-electron chi connectivity index (χ2n) is 4.14. The lowest BCUT2D eigenvalue weighted by molar-refractivity contribution is -0.386. The van der Waals surface area contributed by atoms with Crippen LogP contribution in [0.2, 0.25) is 0 Å². The largest absolute Gasteiger partial charge is 0.493 e. The van der Waals surface area contributed by atoms with Crippen molar-refractivity contribution in [2.75, 3.05) is 13.7 Å². The van der Waals surface area contributed by atoms with E-state index in [1.54, 1.807) is 7.11 Å². The van der Waals surface area contributed by atoms with Gasteiger partial charge in [0.1, 0.15) is 0 Å². The predicted molar refractivity (Wildman–Crippen MR) is 69.2 cm³/mol. The molecule has 0 unspecified atom stereocenters. The molecule has 0 amide bonds. The van der Waals surface area contributed by atoms with Crippen LogP contribution >= 0.6 is 0 Å². The summed E-state index contributed by atoms with van der Waals surface area (Å²) in [5.41, 5.74) is 5.03. The minimum Gasteiger partial charge on any atom is -0.493 e. The first-order chi connectivity index (χ1) is 8.31. The lowest BCUT2D eigenvalue weighted by atomic mass is 10.2. The van der Waals surface area contributed by atoms with Crippen LogP contribution in [0.3, 0.4) is 0 Å². The standard InChI is InChI=1S/C14H23NO2/c1-3-4-5-6-9-17-13-8-7-12(11-15)10-14(13)16-2/h7-8,10H,3-6,9,11,15H2,1-2H3/p+1. The summed E-state index contributed by atoms with van der Waals surface area (Å²) in [5.74, 6) is 1.64. The Morgan fingerprint density at radius 2 is 1.94 bits per heavy atom. The van der Waals surface area contributed by atoms with E-state index in [1.807, 2.05) is 18.2 Å². The Labute approximate surface area is 104 Å². The predicted octanol–water partition coefficient (Wildman–Crippen LogP) is 2.40. The summed E-state index contributed by atoms with van der Waals surface area (Å²) >= 11 is 0. The van der Waals surface area contributed by atoms with Crippen molar-refractivity contribution in [1.82, 2.24) is 0 Å². The van der Waals surface area contributed by atoms with Crippen LogP contribution in [-0.4, -0.2) is 13.7 Å². The van der Waals surface area contributed by atoms with E-state index in [1.165, 1.54) is 24.8 Å². The van der Waals surface area contributed by atoms with Crippen LogP contribution in [0.25, 0.3) is 0 Å². The highest BCUT2D eigenvalue weighted by molar-refractivity contribution is 5.42. The smallest absolute Gasteiger partial charge is 0.161 e. The first-order valence-corrected chi connectivity index (χ1v) is 6.40. The van der Waals surface area contributed by atoms with E-state index in [0.29, 0.717) is 0 Å². The first kappa shape index (κ1) is 13.8. The summed E-state index contributed by atoms with van der Waals surface area (Å²) in [6.45, 7) is 3.74. The zero-order valence-electron chi connectivity index (χ0n) is 11.0. The monoisotopic (exact) mass is 238 g/mol. The van der Waals surface area contributed by atoms with Gasteiger partial charge in [-0.25, -0.2) is 0 Å². The third kappa shape index (κ3) is 4.65. The molecule has 0 saturated heterocycles. The zero-order valence-corrected chi connectivity index (χ0v) is 11.0. The maximum atomic E-state index is 5.73. The number of hydrogen-bond donors (Lipinski definition) is 1. The minimum atomic E-state index is 0.764. The molecule has 1 rings (SSSR count). The molecule has 3 N–H and O–H groups in total. The van der Waals surface area contributed by atoms with E-state index in [-0.39, 0.29) is 0 Å². The highest BCUT2D eigenvalue weighted by Gasteiger charge is 2.05. The Morgan fingerprint density at radius 3 is 2.59 bits per heavy atom. The van der Waals surface area contributed by atoms with Gasteiger partial charge >= 0.3 is 0 Å². The van der Waals surface area contributed by atoms with Crippen molar-refractivity contribution in [3.63, 3.8) is 0 Å². The third-order valence-electron chi connectivity index (χ3n) is 2.77. The van der Waals surface area contributed by atoms with Gasteiger partial charge < -0.3 is 15.2 Å². The van der Waals surface area contributed by atoms with Gasteiger partial charge in [-0.05, 0) is 24.6 Å². The summed E-state index contributed by atoms with van der Waals surface area (Å²) in [5, 5.41) is 0. The van der Waals surface area contributed by atoms with Crippen LogP contribution in [0.4, 0.5) is 0 Å². The van der Waals surface area contributed by atoms with Crippen LogP contribution in [-0.2, 0) is 6.54 Å². The van der Waals surface area contributed by atoms with E-state index < -0.39 is 0 Å². The van der Waals surface area contributed by atoms with Gasteiger partial charge in [-0.15, -0.1) is 0 Å². The number of rotatable bonds is 8. The molecule has 1 aromatic rings. The minimum absolute atomic E-state index is 0.764. The summed E-state index contributed by atoms with van der Waals surface area (Å²) in [7, 11) is 1.67. The van der Waals surface area contributed by atoms with Gasteiger partial charge in [0.15, 0.2) is 11.5 Å². The van der Waals surface area contributed by atoms with Crippen molar-refractivity contribution in [3.05, 3.63) is 23.8 Å². The van der Waals surface area contributed by atoms with Crippen molar-refractivity contribution in [2.24, 2.45) is 0 Å². The molecular weight excluding hydrogens is 214 g/mol. The average molecular weight is 238 g/mol. The van der Waals surface area contributed by atoms with Crippen LogP contribution in [0.5, 0.6) is 11.5 Å². The van der Waals surface area contributed by atoms with Gasteiger partial charge in [-0.1, -0.05) is 26.2 Å². The molecule has 0 fully saturated rings. The number of unbranched alkanes of at least 4 members (excludes halogenated alkanes) is 3. The zero-order chi connectivity index (χ0) is 12.5. The fraction of sp³-hybridized carbons (Fsp3) is 0.571. The number of benzene rings is 1. The Kier molecular flexibility index (Phi) is 6.48. The van der Waals surface area contributed by atoms with E-state index in [9.17, 15) is 0 Å². The summed E-state index contributed by atoms with van der Waals surface area (Å²) < 4.78 is 11.0. The van der Waals surface area contributed by atoms with Gasteiger partial charge in [-0.3, -0.25) is 0 Å². The Morgan fingerprint density at radius 1 is 1.12 bits per heavy atom. The molecule has 0 spiro atoms. The lowest BCUT2D eigenvalue weighted by Gasteiger charge is -2.11. The second-order valence-corrected chi connectivity index (χ2v) is 4.14. The molecule has 0 bridgehead atoms. The van der Waals surface area contributed by atoms with Crippen LogP contribution in [0, 0.1) is 0 Å². The molecule has 0 atom stereocenters. The Balaban J connectivity index is 2.46. The van der Waals surface area contributed by atoms with Gasteiger partial charge in [-0.2, -0.15) is 0 Å². The molecule has 1 aromatic carbocycles. The maximum absolute atomic E-state index is 5.73. The average Bonchev–Trinajstić information content (AvgIpc) is 2.38. The second kappa shape index (κ2) is 7.96. The molecule has 0 saturated carbocycles. The van der Waals surface area contributed by atoms with Crippen LogP contribution in [0.15, 0.2) is 18.2 Å². The lowest BCUT2D eigenvalue weighted by Crippen LogP contribution is -2.47. The van der Waals surface area contributed by atoms with Crippen molar-refractivity contribution >= 4 is 0 Å². The van der Waals surface area contributed by atoms with Crippen LogP contribution < -0.4 is 15.2 Å².